The Labute approximate surface area is 224 Å². The van der Waals surface area contributed by atoms with Crippen LogP contribution in [-0.2, 0) is 0 Å². The molecule has 0 saturated heterocycles. The maximum Gasteiger partial charge on any atom is 0.168 e. The molecule has 1 aliphatic heterocycles. The molecule has 7 rings (SSSR count). The highest BCUT2D eigenvalue weighted by molar-refractivity contribution is 6.87. The van der Waals surface area contributed by atoms with Gasteiger partial charge in [-0.2, -0.15) is 0 Å². The minimum absolute atomic E-state index is 0.819. The number of para-hydroxylation sites is 3. The zero-order chi connectivity index (χ0) is 25.5. The third-order valence-corrected chi connectivity index (χ3v) is 9.65. The van der Waals surface area contributed by atoms with Crippen molar-refractivity contribution in [2.75, 3.05) is 4.90 Å². The van der Waals surface area contributed by atoms with Gasteiger partial charge in [-0.3, -0.25) is 4.57 Å². The first-order valence-electron chi connectivity index (χ1n) is 12.8. The highest BCUT2D eigenvalue weighted by atomic mass is 28.3. The summed E-state index contributed by atoms with van der Waals surface area (Å²) < 4.78 is 2.14. The lowest BCUT2D eigenvalue weighted by atomic mass is 10.1. The van der Waals surface area contributed by atoms with Crippen molar-refractivity contribution in [3.63, 3.8) is 0 Å². The number of benzene rings is 5. The second kappa shape index (κ2) is 9.29. The van der Waals surface area contributed by atoms with Crippen molar-refractivity contribution in [1.82, 2.24) is 14.8 Å². The van der Waals surface area contributed by atoms with Crippen LogP contribution in [0.1, 0.15) is 0 Å². The van der Waals surface area contributed by atoms with Crippen LogP contribution in [-0.4, -0.2) is 23.6 Å². The molecule has 5 heteroatoms. The maximum absolute atomic E-state index is 4.67. The fourth-order valence-electron chi connectivity index (χ4n) is 5.35. The minimum Gasteiger partial charge on any atom is -0.311 e. The lowest BCUT2D eigenvalue weighted by Crippen LogP contribution is -2.47. The normalized spacial score (nSPS) is 12.7. The van der Waals surface area contributed by atoms with Crippen LogP contribution in [0.3, 0.4) is 0 Å². The van der Waals surface area contributed by atoms with Gasteiger partial charge in [-0.1, -0.05) is 91.5 Å². The molecule has 1 aromatic heterocycles. The number of rotatable bonds is 4. The lowest BCUT2D eigenvalue weighted by Gasteiger charge is -2.36. The molecule has 181 valence electrons. The summed E-state index contributed by atoms with van der Waals surface area (Å²) in [5.74, 6) is 1.65. The first-order chi connectivity index (χ1) is 18.8. The SMILES string of the molecule is C[Si]1c2ccccc2N(c2ccc(-c3nnc(-c4ccccc4)n3-c3ccccc3)cc2)c2ccccc21. The molecular weight excluding hydrogens is 480 g/mol. The molecule has 0 atom stereocenters. The Morgan fingerprint density at radius 1 is 0.474 bits per heavy atom. The molecule has 0 unspecified atom stereocenters. The summed E-state index contributed by atoms with van der Waals surface area (Å²) in [6.45, 7) is 2.39. The highest BCUT2D eigenvalue weighted by Gasteiger charge is 2.29. The molecule has 5 aromatic carbocycles. The fourth-order valence-corrected chi connectivity index (χ4v) is 7.49. The molecule has 2 heterocycles. The molecule has 1 aliphatic rings. The molecule has 6 aromatic rings. The van der Waals surface area contributed by atoms with E-state index in [2.05, 4.69) is 123 Å². The van der Waals surface area contributed by atoms with E-state index >= 15 is 0 Å². The molecular formula is C33H25N4Si. The van der Waals surface area contributed by atoms with Gasteiger partial charge in [0.05, 0.1) is 0 Å². The Morgan fingerprint density at radius 3 is 1.53 bits per heavy atom. The van der Waals surface area contributed by atoms with Crippen molar-refractivity contribution >= 4 is 36.2 Å². The van der Waals surface area contributed by atoms with Crippen molar-refractivity contribution in [2.45, 2.75) is 6.55 Å². The van der Waals surface area contributed by atoms with E-state index in [4.69, 9.17) is 0 Å². The van der Waals surface area contributed by atoms with Gasteiger partial charge in [-0.05, 0) is 58.9 Å². The summed E-state index contributed by atoms with van der Waals surface area (Å²) in [5.41, 5.74) is 6.77. The van der Waals surface area contributed by atoms with Gasteiger partial charge >= 0.3 is 0 Å². The number of hydrogen-bond acceptors (Lipinski definition) is 3. The van der Waals surface area contributed by atoms with Gasteiger partial charge in [0.1, 0.15) is 8.80 Å². The summed E-state index contributed by atoms with van der Waals surface area (Å²) in [7, 11) is -0.819. The van der Waals surface area contributed by atoms with E-state index in [1.54, 1.807) is 0 Å². The minimum atomic E-state index is -0.819. The summed E-state index contributed by atoms with van der Waals surface area (Å²) in [6.07, 6.45) is 0. The van der Waals surface area contributed by atoms with E-state index in [0.29, 0.717) is 0 Å². The van der Waals surface area contributed by atoms with Crippen LogP contribution in [0.5, 0.6) is 0 Å². The molecule has 4 nitrogen and oxygen atoms in total. The largest absolute Gasteiger partial charge is 0.311 e. The van der Waals surface area contributed by atoms with Crippen LogP contribution in [0.2, 0.25) is 6.55 Å². The van der Waals surface area contributed by atoms with Gasteiger partial charge in [0, 0.05) is 33.9 Å². The maximum atomic E-state index is 4.67. The van der Waals surface area contributed by atoms with E-state index < -0.39 is 8.80 Å². The molecule has 0 fully saturated rings. The Morgan fingerprint density at radius 2 is 0.947 bits per heavy atom. The van der Waals surface area contributed by atoms with Gasteiger partial charge < -0.3 is 4.90 Å². The van der Waals surface area contributed by atoms with Crippen LogP contribution in [0.15, 0.2) is 133 Å². The van der Waals surface area contributed by atoms with Gasteiger partial charge in [0.15, 0.2) is 11.6 Å². The number of hydrogen-bond donors (Lipinski definition) is 0. The molecule has 38 heavy (non-hydrogen) atoms. The highest BCUT2D eigenvalue weighted by Crippen LogP contribution is 2.37. The smallest absolute Gasteiger partial charge is 0.168 e. The number of anilines is 3. The second-order valence-corrected chi connectivity index (χ2v) is 11.8. The second-order valence-electron chi connectivity index (χ2n) is 9.43. The molecule has 0 aliphatic carbocycles. The number of nitrogens with zero attached hydrogens (tertiary/aromatic N) is 4. The van der Waals surface area contributed by atoms with Crippen molar-refractivity contribution < 1.29 is 0 Å². The first kappa shape index (κ1) is 22.5. The van der Waals surface area contributed by atoms with Crippen molar-refractivity contribution in [2.24, 2.45) is 0 Å². The van der Waals surface area contributed by atoms with Crippen LogP contribution < -0.4 is 15.3 Å². The summed E-state index contributed by atoms with van der Waals surface area (Å²) in [5, 5.41) is 12.2. The molecule has 1 radical (unpaired) electrons. The lowest BCUT2D eigenvalue weighted by molar-refractivity contribution is 1.07. The van der Waals surface area contributed by atoms with E-state index in [1.165, 1.54) is 21.7 Å². The van der Waals surface area contributed by atoms with Crippen molar-refractivity contribution in [3.8, 4) is 28.5 Å². The number of aromatic nitrogens is 3. The van der Waals surface area contributed by atoms with E-state index in [1.807, 2.05) is 36.4 Å². The zero-order valence-electron chi connectivity index (χ0n) is 21.0. The summed E-state index contributed by atoms with van der Waals surface area (Å²) >= 11 is 0. The Bertz CT molecular complexity index is 1680. The van der Waals surface area contributed by atoms with Gasteiger partial charge in [0.2, 0.25) is 0 Å². The average Bonchev–Trinajstić information content (AvgIpc) is 3.44. The first-order valence-corrected chi connectivity index (χ1v) is 14.8. The van der Waals surface area contributed by atoms with Gasteiger partial charge in [0.25, 0.3) is 0 Å². The van der Waals surface area contributed by atoms with Crippen LogP contribution >= 0.6 is 0 Å². The predicted molar refractivity (Wildman–Crippen MR) is 158 cm³/mol. The molecule has 0 saturated carbocycles. The van der Waals surface area contributed by atoms with E-state index in [9.17, 15) is 0 Å². The van der Waals surface area contributed by atoms with E-state index in [0.717, 1.165) is 34.2 Å². The van der Waals surface area contributed by atoms with E-state index in [-0.39, 0.29) is 0 Å². The zero-order valence-corrected chi connectivity index (χ0v) is 22.0. The van der Waals surface area contributed by atoms with Crippen LogP contribution in [0.4, 0.5) is 17.1 Å². The molecule has 0 N–H and O–H groups in total. The predicted octanol–water partition coefficient (Wildman–Crippen LogP) is 6.62. The molecule has 0 amide bonds. The van der Waals surface area contributed by atoms with Gasteiger partial charge in [-0.25, -0.2) is 0 Å². The standard InChI is InChI=1S/C33H25N4Si/c1-38-30-18-10-8-16-28(30)36(29-17-9-11-19-31(29)38)27-22-20-25(21-23-27)33-35-34-32(24-12-4-2-5-13-24)37(33)26-14-6-3-7-15-26/h2-23H,1H3. The monoisotopic (exact) mass is 505 g/mol. The molecule has 0 spiro atoms. The Balaban J connectivity index is 1.35. The summed E-state index contributed by atoms with van der Waals surface area (Å²) in [4.78, 5) is 2.39. The molecule has 0 bridgehead atoms. The Hall–Kier alpha value is -4.74. The third kappa shape index (κ3) is 3.67. The average molecular weight is 506 g/mol. The third-order valence-electron chi connectivity index (χ3n) is 7.19. The number of fused-ring (bicyclic) bond motifs is 2. The van der Waals surface area contributed by atoms with Crippen LogP contribution in [0, 0.1) is 0 Å². The van der Waals surface area contributed by atoms with Crippen LogP contribution in [0.25, 0.3) is 28.5 Å². The van der Waals surface area contributed by atoms with Crippen molar-refractivity contribution in [3.05, 3.63) is 133 Å². The summed E-state index contributed by atoms with van der Waals surface area (Å²) in [6, 6.07) is 46.9. The van der Waals surface area contributed by atoms with Crippen molar-refractivity contribution in [1.29, 1.82) is 0 Å². The Kier molecular flexibility index (Phi) is 5.49. The topological polar surface area (TPSA) is 34.0 Å². The fraction of sp³-hybridized carbons (Fsp3) is 0.0303. The van der Waals surface area contributed by atoms with Gasteiger partial charge in [-0.15, -0.1) is 10.2 Å². The quantitative estimate of drug-likeness (QED) is 0.252.